The molecule has 214 valence electrons. The second kappa shape index (κ2) is 14.6. The zero-order chi connectivity index (χ0) is 29.9. The van der Waals surface area contributed by atoms with Gasteiger partial charge in [0.15, 0.2) is 17.3 Å². The fourth-order valence-corrected chi connectivity index (χ4v) is 4.93. The molecule has 0 saturated heterocycles. The first-order chi connectivity index (χ1) is 20.4. The zero-order valence-electron chi connectivity index (χ0n) is 23.4. The van der Waals surface area contributed by atoms with E-state index in [2.05, 4.69) is 10.6 Å². The van der Waals surface area contributed by atoms with E-state index in [9.17, 15) is 14.4 Å². The van der Waals surface area contributed by atoms with Gasteiger partial charge >= 0.3 is 0 Å². The maximum atomic E-state index is 13.5. The molecule has 2 amide bonds. The predicted octanol–water partition coefficient (Wildman–Crippen LogP) is 6.10. The molecule has 0 radical (unpaired) electrons. The number of thioether (sulfide) groups is 1. The Morgan fingerprint density at radius 3 is 2.19 bits per heavy atom. The third-order valence-electron chi connectivity index (χ3n) is 6.13. The first-order valence-electron chi connectivity index (χ1n) is 12.9. The van der Waals surface area contributed by atoms with Gasteiger partial charge in [-0.2, -0.15) is 0 Å². The van der Waals surface area contributed by atoms with Gasteiger partial charge in [-0.05, 0) is 54.6 Å². The minimum absolute atomic E-state index is 0.000173. The molecule has 0 spiro atoms. The Labute approximate surface area is 248 Å². The average Bonchev–Trinajstić information content (AvgIpc) is 3.03. The van der Waals surface area contributed by atoms with E-state index in [1.165, 1.54) is 39.2 Å². The summed E-state index contributed by atoms with van der Waals surface area (Å²) in [6.45, 7) is 0. The molecule has 42 heavy (non-hydrogen) atoms. The number of benzene rings is 4. The Morgan fingerprint density at radius 2 is 1.45 bits per heavy atom. The summed E-state index contributed by atoms with van der Waals surface area (Å²) >= 11 is 1.34. The Morgan fingerprint density at radius 1 is 0.762 bits per heavy atom. The van der Waals surface area contributed by atoms with Crippen LogP contribution in [0.25, 0.3) is 6.08 Å². The van der Waals surface area contributed by atoms with Crippen LogP contribution in [0.1, 0.15) is 26.3 Å². The van der Waals surface area contributed by atoms with Crippen molar-refractivity contribution in [2.24, 2.45) is 0 Å². The molecule has 4 rings (SSSR count). The molecule has 0 unspecified atom stereocenters. The highest BCUT2D eigenvalue weighted by molar-refractivity contribution is 8.00. The highest BCUT2D eigenvalue weighted by Crippen LogP contribution is 2.32. The third-order valence-corrected chi connectivity index (χ3v) is 7.13. The van der Waals surface area contributed by atoms with E-state index < -0.39 is 11.8 Å². The van der Waals surface area contributed by atoms with Crippen molar-refractivity contribution in [3.8, 4) is 17.2 Å². The molecule has 0 aromatic heterocycles. The number of anilines is 1. The number of ketones is 1. The molecule has 4 aromatic rings. The van der Waals surface area contributed by atoms with Crippen molar-refractivity contribution in [1.82, 2.24) is 5.32 Å². The van der Waals surface area contributed by atoms with E-state index >= 15 is 0 Å². The van der Waals surface area contributed by atoms with Crippen LogP contribution < -0.4 is 24.8 Å². The lowest BCUT2D eigenvalue weighted by Gasteiger charge is -2.14. The highest BCUT2D eigenvalue weighted by atomic mass is 32.2. The smallest absolute Gasteiger partial charge is 0.272 e. The number of amides is 2. The molecular weight excluding hydrogens is 552 g/mol. The van der Waals surface area contributed by atoms with Crippen LogP contribution in [0.3, 0.4) is 0 Å². The highest BCUT2D eigenvalue weighted by Gasteiger charge is 2.18. The number of carbonyl (C=O) groups excluding carboxylic acids is 3. The summed E-state index contributed by atoms with van der Waals surface area (Å²) in [4.78, 5) is 40.1. The molecule has 0 aliphatic rings. The molecule has 4 aromatic carbocycles. The van der Waals surface area contributed by atoms with Gasteiger partial charge in [0, 0.05) is 21.7 Å². The largest absolute Gasteiger partial charge is 0.496 e. The summed E-state index contributed by atoms with van der Waals surface area (Å²) in [5.74, 6) is 0.535. The number of Topliss-reactive ketones (excluding diaryl/α,β-unsaturated/α-hetero) is 1. The Balaban J connectivity index is 1.56. The molecule has 2 N–H and O–H groups in total. The molecule has 0 saturated carbocycles. The maximum Gasteiger partial charge on any atom is 0.272 e. The molecule has 0 aliphatic heterocycles. The van der Waals surface area contributed by atoms with Crippen molar-refractivity contribution >= 4 is 41.1 Å². The van der Waals surface area contributed by atoms with Crippen LogP contribution >= 0.6 is 11.8 Å². The van der Waals surface area contributed by atoms with Crippen molar-refractivity contribution in [3.63, 3.8) is 0 Å². The molecule has 0 atom stereocenters. The standard InChI is InChI=1S/C33H30N2O6S/c1-39-29-17-8-7-16-26(29)28(36)21-42-25-15-10-14-24(20-25)34-33(38)27(35-32(37)22-11-5-4-6-12-22)19-23-13-9-18-30(40-2)31(23)41-3/h4-20H,21H2,1-3H3,(H,34,38)(H,35,37)/b27-19-. The first-order valence-corrected chi connectivity index (χ1v) is 13.9. The Hall–Kier alpha value is -5.02. The summed E-state index contributed by atoms with van der Waals surface area (Å²) in [6, 6.07) is 28.0. The monoisotopic (exact) mass is 582 g/mol. The molecule has 9 heteroatoms. The van der Waals surface area contributed by atoms with Crippen molar-refractivity contribution in [1.29, 1.82) is 0 Å². The molecule has 0 bridgehead atoms. The summed E-state index contributed by atoms with van der Waals surface area (Å²) in [5.41, 5.74) is 1.93. The van der Waals surface area contributed by atoms with Crippen LogP contribution in [0, 0.1) is 0 Å². The quantitative estimate of drug-likeness (QED) is 0.118. The van der Waals surface area contributed by atoms with Crippen molar-refractivity contribution in [2.45, 2.75) is 4.90 Å². The van der Waals surface area contributed by atoms with E-state index in [0.717, 1.165) is 4.90 Å². The lowest BCUT2D eigenvalue weighted by atomic mass is 10.1. The number of para-hydroxylation sites is 2. The number of rotatable bonds is 12. The summed E-state index contributed by atoms with van der Waals surface area (Å²) < 4.78 is 16.2. The fourth-order valence-electron chi connectivity index (χ4n) is 4.09. The minimum atomic E-state index is -0.545. The van der Waals surface area contributed by atoms with Crippen molar-refractivity contribution in [3.05, 3.63) is 119 Å². The number of hydrogen-bond donors (Lipinski definition) is 2. The van der Waals surface area contributed by atoms with E-state index in [1.807, 2.05) is 12.1 Å². The van der Waals surface area contributed by atoms with Gasteiger partial charge in [0.2, 0.25) is 0 Å². The third kappa shape index (κ3) is 7.58. The molecule has 8 nitrogen and oxygen atoms in total. The van der Waals surface area contributed by atoms with Crippen molar-refractivity contribution in [2.75, 3.05) is 32.4 Å². The van der Waals surface area contributed by atoms with Gasteiger partial charge in [0.25, 0.3) is 11.8 Å². The van der Waals surface area contributed by atoms with Crippen LogP contribution in [0.15, 0.2) is 108 Å². The topological polar surface area (TPSA) is 103 Å². The number of hydrogen-bond acceptors (Lipinski definition) is 7. The lowest BCUT2D eigenvalue weighted by Crippen LogP contribution is -2.30. The van der Waals surface area contributed by atoms with E-state index in [1.54, 1.807) is 84.9 Å². The van der Waals surface area contributed by atoms with Crippen LogP contribution in [0.2, 0.25) is 0 Å². The van der Waals surface area contributed by atoms with Gasteiger partial charge in [-0.3, -0.25) is 14.4 Å². The van der Waals surface area contributed by atoms with E-state index in [-0.39, 0.29) is 17.2 Å². The number of ether oxygens (including phenoxy) is 3. The normalized spacial score (nSPS) is 10.9. The van der Waals surface area contributed by atoms with Gasteiger partial charge in [-0.25, -0.2) is 0 Å². The van der Waals surface area contributed by atoms with Crippen LogP contribution in [-0.2, 0) is 4.79 Å². The first kappa shape index (κ1) is 30.0. The lowest BCUT2D eigenvalue weighted by molar-refractivity contribution is -0.113. The molecule has 0 heterocycles. The van der Waals surface area contributed by atoms with Gasteiger partial charge in [-0.1, -0.05) is 48.5 Å². The molecule has 0 aliphatic carbocycles. The predicted molar refractivity (Wildman–Crippen MR) is 165 cm³/mol. The minimum Gasteiger partial charge on any atom is -0.496 e. The maximum absolute atomic E-state index is 13.5. The summed E-state index contributed by atoms with van der Waals surface area (Å²) in [7, 11) is 4.55. The fraction of sp³-hybridized carbons (Fsp3) is 0.121. The van der Waals surface area contributed by atoms with Crippen molar-refractivity contribution < 1.29 is 28.6 Å². The number of methoxy groups -OCH3 is 3. The SMILES string of the molecule is COc1ccccc1C(=O)CSc1cccc(NC(=O)/C(=C/c2cccc(OC)c2OC)NC(=O)c2ccccc2)c1. The average molecular weight is 583 g/mol. The van der Waals surface area contributed by atoms with Gasteiger partial charge in [-0.15, -0.1) is 11.8 Å². The van der Waals surface area contributed by atoms with E-state index in [4.69, 9.17) is 14.2 Å². The Kier molecular flexibility index (Phi) is 10.4. The summed E-state index contributed by atoms with van der Waals surface area (Å²) in [6.07, 6.45) is 1.53. The summed E-state index contributed by atoms with van der Waals surface area (Å²) in [5, 5.41) is 5.58. The van der Waals surface area contributed by atoms with Gasteiger partial charge < -0.3 is 24.8 Å². The van der Waals surface area contributed by atoms with Gasteiger partial charge in [0.05, 0.1) is 32.6 Å². The Bertz CT molecular complexity index is 1600. The van der Waals surface area contributed by atoms with E-state index in [0.29, 0.717) is 39.6 Å². The van der Waals surface area contributed by atoms with Gasteiger partial charge in [0.1, 0.15) is 11.4 Å². The number of carbonyl (C=O) groups is 3. The zero-order valence-corrected chi connectivity index (χ0v) is 24.2. The molecular formula is C33H30N2O6S. The van der Waals surface area contributed by atoms with Crippen LogP contribution in [0.5, 0.6) is 17.2 Å². The van der Waals surface area contributed by atoms with Crippen LogP contribution in [0.4, 0.5) is 5.69 Å². The number of nitrogens with one attached hydrogen (secondary N) is 2. The van der Waals surface area contributed by atoms with Crippen LogP contribution in [-0.4, -0.2) is 44.7 Å². The second-order valence-electron chi connectivity index (χ2n) is 8.86. The molecule has 0 fully saturated rings. The second-order valence-corrected chi connectivity index (χ2v) is 9.90.